The Bertz CT molecular complexity index is 223. The van der Waals surface area contributed by atoms with Crippen molar-refractivity contribution >= 4 is 0 Å². The van der Waals surface area contributed by atoms with Crippen molar-refractivity contribution in [1.29, 1.82) is 0 Å². The van der Waals surface area contributed by atoms with Crippen molar-refractivity contribution in [1.82, 2.24) is 4.90 Å². The molecule has 0 spiro atoms. The second-order valence-corrected chi connectivity index (χ2v) is 7.13. The zero-order valence-electron chi connectivity index (χ0n) is 12.4. The van der Waals surface area contributed by atoms with Gasteiger partial charge in [0.05, 0.1) is 0 Å². The lowest BCUT2D eigenvalue weighted by Crippen LogP contribution is -2.43. The smallest absolute Gasteiger partial charge is 0.0496 e. The van der Waals surface area contributed by atoms with E-state index in [1.165, 1.54) is 25.7 Å². The molecule has 1 unspecified atom stereocenters. The molecule has 0 bridgehead atoms. The van der Waals surface area contributed by atoms with Gasteiger partial charge in [0, 0.05) is 24.6 Å². The molecule has 0 aliphatic heterocycles. The van der Waals surface area contributed by atoms with Crippen LogP contribution in [0.15, 0.2) is 0 Å². The van der Waals surface area contributed by atoms with E-state index in [0.29, 0.717) is 12.0 Å². The van der Waals surface area contributed by atoms with Crippen molar-refractivity contribution in [3.63, 3.8) is 0 Å². The molecule has 0 aromatic heterocycles. The van der Waals surface area contributed by atoms with Crippen molar-refractivity contribution in [2.75, 3.05) is 20.2 Å². The highest BCUT2D eigenvalue weighted by Gasteiger charge is 2.31. The summed E-state index contributed by atoms with van der Waals surface area (Å²) in [7, 11) is 2.23. The minimum absolute atomic E-state index is 0.0711. The van der Waals surface area contributed by atoms with Gasteiger partial charge in [-0.15, -0.1) is 0 Å². The zero-order valence-corrected chi connectivity index (χ0v) is 12.4. The van der Waals surface area contributed by atoms with E-state index in [9.17, 15) is 5.11 Å². The van der Waals surface area contributed by atoms with Gasteiger partial charge in [-0.25, -0.2) is 0 Å². The summed E-state index contributed by atoms with van der Waals surface area (Å²) in [6.07, 6.45) is 6.35. The quantitative estimate of drug-likeness (QED) is 0.798. The van der Waals surface area contributed by atoms with E-state index in [2.05, 4.69) is 39.6 Å². The van der Waals surface area contributed by atoms with Crippen molar-refractivity contribution in [3.8, 4) is 0 Å². The predicted molar refractivity (Wildman–Crippen MR) is 74.2 cm³/mol. The fourth-order valence-corrected chi connectivity index (χ4v) is 2.83. The molecular formula is C15H31NO. The molecule has 1 rings (SSSR count). The lowest BCUT2D eigenvalue weighted by Gasteiger charge is -2.41. The van der Waals surface area contributed by atoms with Gasteiger partial charge >= 0.3 is 0 Å². The Labute approximate surface area is 107 Å². The Morgan fingerprint density at radius 1 is 1.29 bits per heavy atom. The maximum Gasteiger partial charge on any atom is 0.0496 e. The van der Waals surface area contributed by atoms with Gasteiger partial charge in [0.1, 0.15) is 0 Å². The summed E-state index contributed by atoms with van der Waals surface area (Å²) >= 11 is 0. The van der Waals surface area contributed by atoms with E-state index in [1.807, 2.05) is 0 Å². The van der Waals surface area contributed by atoms with Crippen LogP contribution in [0.2, 0.25) is 0 Å². The molecule has 2 nitrogen and oxygen atoms in total. The number of hydrogen-bond acceptors (Lipinski definition) is 2. The third-order valence-corrected chi connectivity index (χ3v) is 4.80. The van der Waals surface area contributed by atoms with E-state index >= 15 is 0 Å². The van der Waals surface area contributed by atoms with Crippen LogP contribution >= 0.6 is 0 Å². The van der Waals surface area contributed by atoms with Crippen LogP contribution in [-0.2, 0) is 0 Å². The first-order valence-electron chi connectivity index (χ1n) is 7.13. The third-order valence-electron chi connectivity index (χ3n) is 4.80. The van der Waals surface area contributed by atoms with Crippen LogP contribution in [0.4, 0.5) is 0 Å². The molecule has 0 aromatic rings. The first-order chi connectivity index (χ1) is 7.82. The highest BCUT2D eigenvalue weighted by molar-refractivity contribution is 4.85. The molecule has 1 saturated carbocycles. The number of aliphatic hydroxyl groups is 1. The Morgan fingerprint density at radius 2 is 1.82 bits per heavy atom. The van der Waals surface area contributed by atoms with Crippen LogP contribution < -0.4 is 0 Å². The van der Waals surface area contributed by atoms with E-state index < -0.39 is 0 Å². The van der Waals surface area contributed by atoms with E-state index in [0.717, 1.165) is 19.0 Å². The van der Waals surface area contributed by atoms with E-state index in [4.69, 9.17) is 0 Å². The molecule has 1 atom stereocenters. The van der Waals surface area contributed by atoms with Crippen LogP contribution in [0.3, 0.4) is 0 Å². The maximum absolute atomic E-state index is 9.49. The fourth-order valence-electron chi connectivity index (χ4n) is 2.83. The van der Waals surface area contributed by atoms with Gasteiger partial charge in [-0.3, -0.25) is 0 Å². The standard InChI is InChI=1S/C15H31NO/c1-6-15(4,12-17)11-16(5)13-7-9-14(2,3)10-8-13/h13,17H,6-12H2,1-5H3. The summed E-state index contributed by atoms with van der Waals surface area (Å²) in [6, 6.07) is 0.723. The average Bonchev–Trinajstić information content (AvgIpc) is 2.28. The topological polar surface area (TPSA) is 23.5 Å². The first-order valence-corrected chi connectivity index (χ1v) is 7.13. The van der Waals surface area contributed by atoms with Crippen LogP contribution in [-0.4, -0.2) is 36.2 Å². The monoisotopic (exact) mass is 241 g/mol. The average molecular weight is 241 g/mol. The molecule has 0 amide bonds. The highest BCUT2D eigenvalue weighted by Crippen LogP contribution is 2.37. The molecule has 1 N–H and O–H groups in total. The normalized spacial score (nSPS) is 24.9. The lowest BCUT2D eigenvalue weighted by molar-refractivity contribution is 0.0541. The second-order valence-electron chi connectivity index (χ2n) is 7.13. The molecule has 0 radical (unpaired) electrons. The molecule has 0 aromatic carbocycles. The van der Waals surface area contributed by atoms with Gasteiger partial charge in [0.15, 0.2) is 0 Å². The van der Waals surface area contributed by atoms with Gasteiger partial charge in [0.2, 0.25) is 0 Å². The molecule has 2 heteroatoms. The summed E-state index contributed by atoms with van der Waals surface area (Å²) in [4.78, 5) is 2.48. The van der Waals surface area contributed by atoms with Gasteiger partial charge in [-0.1, -0.05) is 27.7 Å². The van der Waals surface area contributed by atoms with Gasteiger partial charge < -0.3 is 10.0 Å². The largest absolute Gasteiger partial charge is 0.396 e. The summed E-state index contributed by atoms with van der Waals surface area (Å²) in [5.41, 5.74) is 0.615. The summed E-state index contributed by atoms with van der Waals surface area (Å²) in [5, 5.41) is 9.49. The molecule has 102 valence electrons. The third kappa shape index (κ3) is 4.26. The SMILES string of the molecule is CCC(C)(CO)CN(C)C1CCC(C)(C)CC1. The van der Waals surface area contributed by atoms with Crippen molar-refractivity contribution < 1.29 is 5.11 Å². The molecule has 1 fully saturated rings. The Morgan fingerprint density at radius 3 is 2.24 bits per heavy atom. The number of rotatable bonds is 5. The second kappa shape index (κ2) is 5.71. The van der Waals surface area contributed by atoms with Crippen LogP contribution in [0.5, 0.6) is 0 Å². The molecular weight excluding hydrogens is 210 g/mol. The molecule has 1 aliphatic carbocycles. The van der Waals surface area contributed by atoms with Gasteiger partial charge in [-0.05, 0) is 44.6 Å². The van der Waals surface area contributed by atoms with E-state index in [-0.39, 0.29) is 5.41 Å². The van der Waals surface area contributed by atoms with E-state index in [1.54, 1.807) is 0 Å². The first kappa shape index (κ1) is 15.0. The Hall–Kier alpha value is -0.0800. The van der Waals surface area contributed by atoms with Gasteiger partial charge in [-0.2, -0.15) is 0 Å². The minimum Gasteiger partial charge on any atom is -0.396 e. The summed E-state index contributed by atoms with van der Waals surface area (Å²) in [5.74, 6) is 0. The summed E-state index contributed by atoms with van der Waals surface area (Å²) in [6.45, 7) is 10.4. The molecule has 17 heavy (non-hydrogen) atoms. The predicted octanol–water partition coefficient (Wildman–Crippen LogP) is 3.30. The Balaban J connectivity index is 2.46. The Kier molecular flexibility index (Phi) is 5.03. The number of nitrogens with zero attached hydrogens (tertiary/aromatic N) is 1. The van der Waals surface area contributed by atoms with Crippen LogP contribution in [0.25, 0.3) is 0 Å². The zero-order chi connectivity index (χ0) is 13.1. The van der Waals surface area contributed by atoms with Crippen molar-refractivity contribution in [3.05, 3.63) is 0 Å². The number of aliphatic hydroxyl groups excluding tert-OH is 1. The van der Waals surface area contributed by atoms with Crippen LogP contribution in [0, 0.1) is 10.8 Å². The van der Waals surface area contributed by atoms with Crippen molar-refractivity contribution in [2.24, 2.45) is 10.8 Å². The minimum atomic E-state index is 0.0711. The number of hydrogen-bond donors (Lipinski definition) is 1. The lowest BCUT2D eigenvalue weighted by atomic mass is 9.75. The van der Waals surface area contributed by atoms with Crippen molar-refractivity contribution in [2.45, 2.75) is 65.8 Å². The van der Waals surface area contributed by atoms with Gasteiger partial charge in [0.25, 0.3) is 0 Å². The fraction of sp³-hybridized carbons (Fsp3) is 1.00. The molecule has 0 heterocycles. The highest BCUT2D eigenvalue weighted by atomic mass is 16.3. The maximum atomic E-state index is 9.49. The summed E-state index contributed by atoms with van der Waals surface area (Å²) < 4.78 is 0. The molecule has 0 saturated heterocycles. The molecule has 1 aliphatic rings. The van der Waals surface area contributed by atoms with Crippen LogP contribution in [0.1, 0.15) is 59.8 Å².